The van der Waals surface area contributed by atoms with Gasteiger partial charge in [0.05, 0.1) is 11.6 Å². The van der Waals surface area contributed by atoms with Gasteiger partial charge in [-0.25, -0.2) is 0 Å². The summed E-state index contributed by atoms with van der Waals surface area (Å²) in [7, 11) is 0. The molecule has 0 aromatic heterocycles. The van der Waals surface area contributed by atoms with Crippen LogP contribution in [0.1, 0.15) is 17.5 Å². The third-order valence-electron chi connectivity index (χ3n) is 2.40. The number of aryl methyl sites for hydroxylation is 1. The molecule has 0 fully saturated rings. The van der Waals surface area contributed by atoms with Crippen LogP contribution in [0.15, 0.2) is 27.8 Å². The maximum absolute atomic E-state index is 5.71. The Morgan fingerprint density at radius 3 is 3.00 bits per heavy atom. The molecule has 0 amide bonds. The van der Waals surface area contributed by atoms with Gasteiger partial charge in [0.1, 0.15) is 6.10 Å². The summed E-state index contributed by atoms with van der Waals surface area (Å²) in [6.45, 7) is 2.06. The number of halogens is 2. The Morgan fingerprint density at radius 1 is 1.60 bits per heavy atom. The Hall–Kier alpha value is -0.540. The Morgan fingerprint density at radius 2 is 2.40 bits per heavy atom. The summed E-state index contributed by atoms with van der Waals surface area (Å²) >= 11 is 9.18. The van der Waals surface area contributed by atoms with Crippen LogP contribution in [0.2, 0.25) is 0 Å². The lowest BCUT2D eigenvalue weighted by Crippen LogP contribution is -2.09. The number of hydrogen-bond acceptors (Lipinski definition) is 2. The summed E-state index contributed by atoms with van der Waals surface area (Å²) in [6, 6.07) is 6.17. The fraction of sp³-hybridized carbons (Fsp3) is 0.364. The van der Waals surface area contributed by atoms with Crippen molar-refractivity contribution < 1.29 is 4.84 Å². The Kier molecular flexibility index (Phi) is 3.32. The van der Waals surface area contributed by atoms with Gasteiger partial charge in [0.2, 0.25) is 0 Å². The van der Waals surface area contributed by atoms with E-state index < -0.39 is 0 Å². The molecule has 1 heterocycles. The van der Waals surface area contributed by atoms with Crippen LogP contribution in [-0.4, -0.2) is 17.7 Å². The molecular weight excluding hydrogens is 277 g/mol. The molecule has 4 heteroatoms. The molecule has 0 radical (unpaired) electrons. The van der Waals surface area contributed by atoms with E-state index in [9.17, 15) is 0 Å². The zero-order valence-electron chi connectivity index (χ0n) is 8.34. The lowest BCUT2D eigenvalue weighted by Gasteiger charge is -2.03. The molecule has 0 saturated carbocycles. The molecular formula is C11H11BrClNO. The molecule has 1 aromatic carbocycles. The van der Waals surface area contributed by atoms with Gasteiger partial charge in [-0.2, -0.15) is 0 Å². The van der Waals surface area contributed by atoms with Crippen molar-refractivity contribution in [2.45, 2.75) is 19.4 Å². The number of nitrogens with zero attached hydrogens (tertiary/aromatic N) is 1. The number of rotatable bonds is 2. The molecule has 0 aliphatic carbocycles. The van der Waals surface area contributed by atoms with Crippen molar-refractivity contribution in [3.8, 4) is 0 Å². The zero-order chi connectivity index (χ0) is 10.8. The predicted octanol–water partition coefficient (Wildman–Crippen LogP) is 3.49. The average molecular weight is 289 g/mol. The minimum atomic E-state index is 0.0330. The van der Waals surface area contributed by atoms with E-state index in [1.165, 1.54) is 5.56 Å². The van der Waals surface area contributed by atoms with Gasteiger partial charge >= 0.3 is 0 Å². The van der Waals surface area contributed by atoms with Crippen LogP contribution in [-0.2, 0) is 4.84 Å². The van der Waals surface area contributed by atoms with Gasteiger partial charge in [-0.3, -0.25) is 0 Å². The molecule has 0 N–H and O–H groups in total. The number of benzene rings is 1. The lowest BCUT2D eigenvalue weighted by molar-refractivity contribution is 0.102. The van der Waals surface area contributed by atoms with E-state index in [1.807, 2.05) is 12.1 Å². The predicted molar refractivity (Wildman–Crippen MR) is 65.6 cm³/mol. The van der Waals surface area contributed by atoms with Crippen molar-refractivity contribution in [1.82, 2.24) is 0 Å². The molecule has 80 valence electrons. The van der Waals surface area contributed by atoms with Gasteiger partial charge in [-0.15, -0.1) is 11.6 Å². The highest BCUT2D eigenvalue weighted by Gasteiger charge is 2.21. The lowest BCUT2D eigenvalue weighted by atomic mass is 10.0. The number of hydrogen-bond donors (Lipinski definition) is 0. The molecule has 1 aliphatic heterocycles. The van der Waals surface area contributed by atoms with Crippen LogP contribution < -0.4 is 0 Å². The smallest absolute Gasteiger partial charge is 0.146 e. The van der Waals surface area contributed by atoms with E-state index in [0.717, 1.165) is 22.2 Å². The molecule has 1 aliphatic rings. The van der Waals surface area contributed by atoms with E-state index in [2.05, 4.69) is 34.1 Å². The molecule has 1 atom stereocenters. The third kappa shape index (κ3) is 2.34. The minimum absolute atomic E-state index is 0.0330. The average Bonchev–Trinajstić information content (AvgIpc) is 2.70. The monoisotopic (exact) mass is 287 g/mol. The molecule has 0 bridgehead atoms. The highest BCUT2D eigenvalue weighted by Crippen LogP contribution is 2.22. The van der Waals surface area contributed by atoms with Crippen molar-refractivity contribution in [1.29, 1.82) is 0 Å². The van der Waals surface area contributed by atoms with E-state index in [0.29, 0.717) is 5.88 Å². The summed E-state index contributed by atoms with van der Waals surface area (Å²) in [5.74, 6) is 0.489. The van der Waals surface area contributed by atoms with Crippen molar-refractivity contribution in [3.05, 3.63) is 33.8 Å². The summed E-state index contributed by atoms with van der Waals surface area (Å²) in [5, 5.41) is 4.05. The van der Waals surface area contributed by atoms with Crippen molar-refractivity contribution >= 4 is 33.2 Å². The van der Waals surface area contributed by atoms with Crippen LogP contribution in [0.5, 0.6) is 0 Å². The minimum Gasteiger partial charge on any atom is -0.391 e. The molecule has 1 unspecified atom stereocenters. The fourth-order valence-electron chi connectivity index (χ4n) is 1.51. The van der Waals surface area contributed by atoms with Crippen LogP contribution >= 0.6 is 27.5 Å². The van der Waals surface area contributed by atoms with E-state index in [1.54, 1.807) is 0 Å². The third-order valence-corrected chi connectivity index (χ3v) is 3.63. The summed E-state index contributed by atoms with van der Waals surface area (Å²) in [6.07, 6.45) is 0.829. The van der Waals surface area contributed by atoms with E-state index >= 15 is 0 Å². The summed E-state index contributed by atoms with van der Waals surface area (Å²) in [5.41, 5.74) is 3.30. The topological polar surface area (TPSA) is 21.6 Å². The first-order valence-electron chi connectivity index (χ1n) is 4.76. The number of alkyl halides is 1. The first kappa shape index (κ1) is 11.0. The van der Waals surface area contributed by atoms with Gasteiger partial charge < -0.3 is 4.84 Å². The molecule has 2 nitrogen and oxygen atoms in total. The van der Waals surface area contributed by atoms with Crippen LogP contribution in [0.25, 0.3) is 0 Å². The Balaban J connectivity index is 2.21. The van der Waals surface area contributed by atoms with Crippen LogP contribution in [0.4, 0.5) is 0 Å². The standard InChI is InChI=1S/C11H11BrClNO/c1-7-4-8(2-3-10(7)12)11-5-9(6-13)15-14-11/h2-4,9H,5-6H2,1H3. The highest BCUT2D eigenvalue weighted by molar-refractivity contribution is 9.10. The second kappa shape index (κ2) is 4.54. The molecule has 0 saturated heterocycles. The van der Waals surface area contributed by atoms with Gasteiger partial charge in [-0.1, -0.05) is 27.2 Å². The van der Waals surface area contributed by atoms with Crippen molar-refractivity contribution in [2.75, 3.05) is 5.88 Å². The SMILES string of the molecule is Cc1cc(C2=NOC(CCl)C2)ccc1Br. The van der Waals surface area contributed by atoms with E-state index in [-0.39, 0.29) is 6.10 Å². The highest BCUT2D eigenvalue weighted by atomic mass is 79.9. The zero-order valence-corrected chi connectivity index (χ0v) is 10.7. The number of oxime groups is 1. The maximum atomic E-state index is 5.71. The van der Waals surface area contributed by atoms with E-state index in [4.69, 9.17) is 16.4 Å². The summed E-state index contributed by atoms with van der Waals surface area (Å²) in [4.78, 5) is 5.18. The Bertz CT molecular complexity index is 406. The molecule has 2 rings (SSSR count). The first-order chi connectivity index (χ1) is 7.20. The van der Waals surface area contributed by atoms with Crippen molar-refractivity contribution in [2.24, 2.45) is 5.16 Å². The quantitative estimate of drug-likeness (QED) is 0.763. The summed E-state index contributed by atoms with van der Waals surface area (Å²) < 4.78 is 1.11. The largest absolute Gasteiger partial charge is 0.391 e. The van der Waals surface area contributed by atoms with Gasteiger partial charge in [0, 0.05) is 10.9 Å². The van der Waals surface area contributed by atoms with Gasteiger partial charge in [0.15, 0.2) is 0 Å². The molecule has 0 spiro atoms. The second-order valence-corrected chi connectivity index (χ2v) is 4.75. The van der Waals surface area contributed by atoms with Crippen LogP contribution in [0, 0.1) is 6.92 Å². The van der Waals surface area contributed by atoms with Gasteiger partial charge in [0.25, 0.3) is 0 Å². The van der Waals surface area contributed by atoms with Crippen LogP contribution in [0.3, 0.4) is 0 Å². The first-order valence-corrected chi connectivity index (χ1v) is 6.08. The second-order valence-electron chi connectivity index (χ2n) is 3.59. The fourth-order valence-corrected chi connectivity index (χ4v) is 1.92. The molecule has 1 aromatic rings. The van der Waals surface area contributed by atoms with Gasteiger partial charge in [-0.05, 0) is 30.2 Å². The molecule has 15 heavy (non-hydrogen) atoms. The van der Waals surface area contributed by atoms with Crippen molar-refractivity contribution in [3.63, 3.8) is 0 Å². The maximum Gasteiger partial charge on any atom is 0.146 e. The normalized spacial score (nSPS) is 19.9. The Labute approximate surface area is 102 Å².